The predicted octanol–water partition coefficient (Wildman–Crippen LogP) is 0.128. The van der Waals surface area contributed by atoms with Crippen molar-refractivity contribution in [3.8, 4) is 0 Å². The number of aliphatic hydroxyl groups excluding tert-OH is 1. The Labute approximate surface area is 108 Å². The van der Waals surface area contributed by atoms with E-state index in [0.717, 1.165) is 0 Å². The highest BCUT2D eigenvalue weighted by Gasteiger charge is 2.22. The van der Waals surface area contributed by atoms with E-state index in [1.807, 2.05) is 0 Å². The van der Waals surface area contributed by atoms with E-state index < -0.39 is 17.9 Å². The lowest BCUT2D eigenvalue weighted by Gasteiger charge is -2.12. The number of hydrogen-bond donors (Lipinski definition) is 4. The van der Waals surface area contributed by atoms with Gasteiger partial charge in [-0.2, -0.15) is 5.10 Å². The number of fused-ring (bicyclic) bond motifs is 1. The molecule has 0 saturated heterocycles. The molecule has 1 amide bonds. The Bertz CT molecular complexity index is 608. The first-order valence-corrected chi connectivity index (χ1v) is 5.71. The average molecular weight is 263 g/mol. The maximum Gasteiger partial charge on any atom is 0.326 e. The largest absolute Gasteiger partial charge is 0.480 e. The van der Waals surface area contributed by atoms with Gasteiger partial charge in [0.2, 0.25) is 0 Å². The Hall–Kier alpha value is -2.41. The first-order valence-electron chi connectivity index (χ1n) is 5.71. The molecule has 100 valence electrons. The minimum absolute atomic E-state index is 0.0522. The zero-order chi connectivity index (χ0) is 13.8. The number of H-pyrrole nitrogens is 1. The van der Waals surface area contributed by atoms with Crippen LogP contribution >= 0.6 is 0 Å². The summed E-state index contributed by atoms with van der Waals surface area (Å²) in [6.07, 6.45) is -0.0522. The van der Waals surface area contributed by atoms with Gasteiger partial charge in [0, 0.05) is 18.4 Å². The SMILES string of the molecule is O=C(N[C@@H](CCO)C(=O)O)c1n[nH]c2ccccc12. The van der Waals surface area contributed by atoms with Gasteiger partial charge in [0.05, 0.1) is 5.52 Å². The number of aromatic nitrogens is 2. The Morgan fingerprint density at radius 3 is 2.79 bits per heavy atom. The monoisotopic (exact) mass is 263 g/mol. The molecule has 0 aliphatic carbocycles. The summed E-state index contributed by atoms with van der Waals surface area (Å²) in [4.78, 5) is 22.9. The molecule has 1 aromatic carbocycles. The first-order chi connectivity index (χ1) is 9.13. The molecule has 1 atom stereocenters. The van der Waals surface area contributed by atoms with E-state index >= 15 is 0 Å². The van der Waals surface area contributed by atoms with E-state index in [1.54, 1.807) is 24.3 Å². The molecule has 1 heterocycles. The molecule has 0 fully saturated rings. The number of nitrogens with one attached hydrogen (secondary N) is 2. The van der Waals surface area contributed by atoms with Gasteiger partial charge in [-0.25, -0.2) is 4.79 Å². The fourth-order valence-electron chi connectivity index (χ4n) is 1.75. The number of benzene rings is 1. The third-order valence-corrected chi connectivity index (χ3v) is 2.71. The van der Waals surface area contributed by atoms with Gasteiger partial charge >= 0.3 is 5.97 Å². The average Bonchev–Trinajstić information content (AvgIpc) is 2.81. The molecule has 1 aromatic heterocycles. The molecule has 0 saturated carbocycles. The van der Waals surface area contributed by atoms with Crippen molar-refractivity contribution in [1.82, 2.24) is 15.5 Å². The molecule has 19 heavy (non-hydrogen) atoms. The van der Waals surface area contributed by atoms with Crippen LogP contribution in [0, 0.1) is 0 Å². The third-order valence-electron chi connectivity index (χ3n) is 2.71. The zero-order valence-corrected chi connectivity index (χ0v) is 9.96. The van der Waals surface area contributed by atoms with Crippen LogP contribution in [0.25, 0.3) is 10.9 Å². The van der Waals surface area contributed by atoms with Crippen LogP contribution in [0.15, 0.2) is 24.3 Å². The van der Waals surface area contributed by atoms with Gasteiger partial charge in [0.15, 0.2) is 5.69 Å². The molecule has 0 spiro atoms. The van der Waals surface area contributed by atoms with E-state index in [-0.39, 0.29) is 18.7 Å². The van der Waals surface area contributed by atoms with Gasteiger partial charge < -0.3 is 15.5 Å². The summed E-state index contributed by atoms with van der Waals surface area (Å²) >= 11 is 0. The normalized spacial score (nSPS) is 12.3. The predicted molar refractivity (Wildman–Crippen MR) is 66.7 cm³/mol. The summed E-state index contributed by atoms with van der Waals surface area (Å²) in [5.41, 5.74) is 0.835. The number of hydrogen-bond acceptors (Lipinski definition) is 4. The van der Waals surface area contributed by atoms with E-state index in [1.165, 1.54) is 0 Å². The first kappa shape index (κ1) is 13.0. The van der Waals surface area contributed by atoms with Crippen molar-refractivity contribution in [1.29, 1.82) is 0 Å². The highest BCUT2D eigenvalue weighted by Crippen LogP contribution is 2.15. The number of carboxylic acid groups (broad SMARTS) is 1. The van der Waals surface area contributed by atoms with Crippen molar-refractivity contribution in [3.63, 3.8) is 0 Å². The summed E-state index contributed by atoms with van der Waals surface area (Å²) in [6.45, 7) is -0.321. The maximum atomic E-state index is 12.0. The molecule has 0 aliphatic heterocycles. The Kier molecular flexibility index (Phi) is 3.76. The lowest BCUT2D eigenvalue weighted by Crippen LogP contribution is -2.41. The van der Waals surface area contributed by atoms with Crippen LogP contribution in [0.4, 0.5) is 0 Å². The second-order valence-corrected chi connectivity index (χ2v) is 3.99. The topological polar surface area (TPSA) is 115 Å². The van der Waals surface area contributed by atoms with E-state index in [4.69, 9.17) is 10.2 Å². The Balaban J connectivity index is 2.22. The lowest BCUT2D eigenvalue weighted by atomic mass is 10.1. The number of aliphatic hydroxyl groups is 1. The minimum atomic E-state index is -1.19. The number of aromatic amines is 1. The summed E-state index contributed by atoms with van der Waals surface area (Å²) in [5, 5.41) is 27.2. The smallest absolute Gasteiger partial charge is 0.326 e. The summed E-state index contributed by atoms with van der Waals surface area (Å²) in [6, 6.07) is 5.91. The highest BCUT2D eigenvalue weighted by atomic mass is 16.4. The van der Waals surface area contributed by atoms with Crippen molar-refractivity contribution < 1.29 is 19.8 Å². The van der Waals surface area contributed by atoms with Crippen LogP contribution in [0.3, 0.4) is 0 Å². The third kappa shape index (κ3) is 2.71. The number of carbonyl (C=O) groups is 2. The van der Waals surface area contributed by atoms with Crippen molar-refractivity contribution in [2.24, 2.45) is 0 Å². The number of rotatable bonds is 5. The molecular formula is C12H13N3O4. The molecule has 4 N–H and O–H groups in total. The van der Waals surface area contributed by atoms with Crippen LogP contribution in [0.2, 0.25) is 0 Å². The Morgan fingerprint density at radius 1 is 1.37 bits per heavy atom. The number of nitrogens with zero attached hydrogens (tertiary/aromatic N) is 1. The highest BCUT2D eigenvalue weighted by molar-refractivity contribution is 6.05. The van der Waals surface area contributed by atoms with Crippen molar-refractivity contribution >= 4 is 22.8 Å². The van der Waals surface area contributed by atoms with E-state index in [9.17, 15) is 9.59 Å². The second-order valence-electron chi connectivity index (χ2n) is 3.99. The van der Waals surface area contributed by atoms with E-state index in [2.05, 4.69) is 15.5 Å². The lowest BCUT2D eigenvalue weighted by molar-refractivity contribution is -0.139. The van der Waals surface area contributed by atoms with Gasteiger partial charge in [0.1, 0.15) is 6.04 Å². The van der Waals surface area contributed by atoms with Crippen molar-refractivity contribution in [2.45, 2.75) is 12.5 Å². The van der Waals surface area contributed by atoms with Gasteiger partial charge in [-0.15, -0.1) is 0 Å². The summed E-state index contributed by atoms with van der Waals surface area (Å²) in [5.74, 6) is -1.78. The van der Waals surface area contributed by atoms with Crippen LogP contribution in [0.5, 0.6) is 0 Å². The van der Waals surface area contributed by atoms with Crippen molar-refractivity contribution in [2.75, 3.05) is 6.61 Å². The molecule has 0 bridgehead atoms. The number of aliphatic carboxylic acids is 1. The van der Waals surface area contributed by atoms with E-state index in [0.29, 0.717) is 10.9 Å². The molecule has 7 nitrogen and oxygen atoms in total. The fourth-order valence-corrected chi connectivity index (χ4v) is 1.75. The number of para-hydroxylation sites is 1. The Morgan fingerprint density at radius 2 is 2.11 bits per heavy atom. The zero-order valence-electron chi connectivity index (χ0n) is 9.96. The van der Waals surface area contributed by atoms with Gasteiger partial charge in [0.25, 0.3) is 5.91 Å². The standard InChI is InChI=1S/C12H13N3O4/c16-6-5-9(12(18)19)13-11(17)10-7-3-1-2-4-8(7)14-15-10/h1-4,9,16H,5-6H2,(H,13,17)(H,14,15)(H,18,19)/t9-/m0/s1. The summed E-state index contributed by atoms with van der Waals surface area (Å²) in [7, 11) is 0. The van der Waals surface area contributed by atoms with Gasteiger partial charge in [-0.3, -0.25) is 9.89 Å². The molecular weight excluding hydrogens is 250 g/mol. The number of carbonyl (C=O) groups excluding carboxylic acids is 1. The number of carboxylic acids is 1. The molecule has 0 aliphatic rings. The van der Waals surface area contributed by atoms with Crippen LogP contribution < -0.4 is 5.32 Å². The summed E-state index contributed by atoms with van der Waals surface area (Å²) < 4.78 is 0. The van der Waals surface area contributed by atoms with Crippen LogP contribution in [-0.4, -0.2) is 44.9 Å². The van der Waals surface area contributed by atoms with Crippen LogP contribution in [-0.2, 0) is 4.79 Å². The fraction of sp³-hybridized carbons (Fsp3) is 0.250. The second kappa shape index (κ2) is 5.49. The number of amides is 1. The van der Waals surface area contributed by atoms with Crippen molar-refractivity contribution in [3.05, 3.63) is 30.0 Å². The van der Waals surface area contributed by atoms with Crippen LogP contribution in [0.1, 0.15) is 16.9 Å². The quantitative estimate of drug-likeness (QED) is 0.612. The maximum absolute atomic E-state index is 12.0. The molecule has 2 aromatic rings. The molecule has 7 heteroatoms. The van der Waals surface area contributed by atoms with Gasteiger partial charge in [-0.05, 0) is 6.07 Å². The molecule has 0 radical (unpaired) electrons. The molecule has 2 rings (SSSR count). The van der Waals surface area contributed by atoms with Gasteiger partial charge in [-0.1, -0.05) is 18.2 Å². The molecule has 0 unspecified atom stereocenters. The minimum Gasteiger partial charge on any atom is -0.480 e.